The molecule has 2 N–H and O–H groups in total. The van der Waals surface area contributed by atoms with Gasteiger partial charge >= 0.3 is 6.09 Å². The molecule has 0 bridgehead atoms. The minimum absolute atomic E-state index is 0.0791. The normalized spacial score (nSPS) is 21.8. The van der Waals surface area contributed by atoms with Crippen molar-refractivity contribution in [1.82, 2.24) is 0 Å². The van der Waals surface area contributed by atoms with Crippen LogP contribution in [0, 0.1) is 11.6 Å². The van der Waals surface area contributed by atoms with Gasteiger partial charge in [-0.05, 0) is 23.8 Å². The summed E-state index contributed by atoms with van der Waals surface area (Å²) in [4.78, 5) is 23.7. The third kappa shape index (κ3) is 3.25. The van der Waals surface area contributed by atoms with Gasteiger partial charge in [0.05, 0.1) is 23.5 Å². The van der Waals surface area contributed by atoms with Crippen molar-refractivity contribution in [3.8, 4) is 0 Å². The number of primary amides is 1. The highest BCUT2D eigenvalue weighted by atomic mass is 32.2. The molecule has 2 amide bonds. The van der Waals surface area contributed by atoms with E-state index in [0.29, 0.717) is 0 Å². The number of ether oxygens (including phenoxy) is 1. The number of cyclic esters (lactones) is 1. The number of allylic oxidation sites excluding steroid dienone is 2. The lowest BCUT2D eigenvalue weighted by molar-refractivity contribution is -0.124. The molecule has 1 aromatic rings. The number of carbonyl (C=O) groups excluding carboxylic acids is 2. The molecule has 7 nitrogen and oxygen atoms in total. The number of rotatable bonds is 3. The van der Waals surface area contributed by atoms with Crippen LogP contribution < -0.4 is 10.6 Å². The molecule has 0 aromatic heterocycles. The van der Waals surface area contributed by atoms with Gasteiger partial charge in [-0.1, -0.05) is 6.08 Å². The SMILES string of the molecule is NC(=O)[C@H]1CN(c2cc(F)c(C3=CCS(=O)(=O)C=C3)c(F)c2)C(=O)O1. The zero-order valence-corrected chi connectivity index (χ0v) is 13.4. The molecule has 2 aliphatic rings. The highest BCUT2D eigenvalue weighted by Gasteiger charge is 2.36. The highest BCUT2D eigenvalue weighted by Crippen LogP contribution is 2.31. The van der Waals surface area contributed by atoms with E-state index in [0.717, 1.165) is 28.5 Å². The van der Waals surface area contributed by atoms with E-state index in [2.05, 4.69) is 0 Å². The third-order valence-corrected chi connectivity index (χ3v) is 4.93. The number of nitrogens with two attached hydrogens (primary N) is 1. The summed E-state index contributed by atoms with van der Waals surface area (Å²) in [6.45, 7) is -0.257. The molecular weight excluding hydrogens is 358 g/mol. The maximum atomic E-state index is 14.4. The first-order valence-corrected chi connectivity index (χ1v) is 8.77. The number of hydrogen-bond donors (Lipinski definition) is 1. The largest absolute Gasteiger partial charge is 0.434 e. The van der Waals surface area contributed by atoms with Crippen molar-refractivity contribution in [2.24, 2.45) is 5.73 Å². The number of sulfone groups is 1. The Bertz CT molecular complexity index is 916. The minimum atomic E-state index is -3.41. The van der Waals surface area contributed by atoms with Crippen LogP contribution in [-0.2, 0) is 19.4 Å². The summed E-state index contributed by atoms with van der Waals surface area (Å²) < 4.78 is 56.2. The average molecular weight is 370 g/mol. The van der Waals surface area contributed by atoms with E-state index in [1.807, 2.05) is 0 Å². The van der Waals surface area contributed by atoms with Gasteiger partial charge in [0.1, 0.15) is 11.6 Å². The van der Waals surface area contributed by atoms with E-state index in [4.69, 9.17) is 10.5 Å². The summed E-state index contributed by atoms with van der Waals surface area (Å²) >= 11 is 0. The Balaban J connectivity index is 1.94. The maximum Gasteiger partial charge on any atom is 0.415 e. The van der Waals surface area contributed by atoms with Crippen LogP contribution in [0.25, 0.3) is 5.57 Å². The van der Waals surface area contributed by atoms with Gasteiger partial charge in [-0.2, -0.15) is 0 Å². The zero-order valence-electron chi connectivity index (χ0n) is 12.6. The van der Waals surface area contributed by atoms with E-state index in [9.17, 15) is 26.8 Å². The molecule has 10 heteroatoms. The maximum absolute atomic E-state index is 14.4. The molecule has 0 radical (unpaired) electrons. The fraction of sp³-hybridized carbons (Fsp3) is 0.200. The van der Waals surface area contributed by atoms with Crippen molar-refractivity contribution in [2.75, 3.05) is 17.2 Å². The van der Waals surface area contributed by atoms with E-state index < -0.39 is 45.1 Å². The first-order valence-electron chi connectivity index (χ1n) is 7.06. The van der Waals surface area contributed by atoms with Crippen LogP contribution >= 0.6 is 0 Å². The zero-order chi connectivity index (χ0) is 18.4. The Hall–Kier alpha value is -2.75. The quantitative estimate of drug-likeness (QED) is 0.857. The Labute approximate surface area is 141 Å². The Morgan fingerprint density at radius 2 is 1.92 bits per heavy atom. The topological polar surface area (TPSA) is 107 Å². The van der Waals surface area contributed by atoms with Gasteiger partial charge in [0.25, 0.3) is 5.91 Å². The lowest BCUT2D eigenvalue weighted by Crippen LogP contribution is -2.32. The number of amides is 2. The van der Waals surface area contributed by atoms with Crippen LogP contribution in [-0.4, -0.2) is 38.8 Å². The number of anilines is 1. The van der Waals surface area contributed by atoms with Crippen LogP contribution in [0.2, 0.25) is 0 Å². The number of hydrogen-bond acceptors (Lipinski definition) is 5. The van der Waals surface area contributed by atoms with Crippen molar-refractivity contribution in [1.29, 1.82) is 0 Å². The van der Waals surface area contributed by atoms with Crippen LogP contribution in [0.5, 0.6) is 0 Å². The molecule has 0 saturated carbocycles. The molecule has 25 heavy (non-hydrogen) atoms. The standard InChI is InChI=1S/C15H12F2N2O5S/c16-10-5-9(19-7-12(14(18)20)24-15(19)21)6-11(17)13(10)8-1-3-25(22,23)4-2-8/h1-3,5-6,12H,4,7H2,(H2,18,20)/t12-/m1/s1. The Kier molecular flexibility index (Phi) is 4.07. The first kappa shape index (κ1) is 17.1. The summed E-state index contributed by atoms with van der Waals surface area (Å²) in [5.41, 5.74) is 4.58. The lowest BCUT2D eigenvalue weighted by Gasteiger charge is -2.16. The Morgan fingerprint density at radius 3 is 2.40 bits per heavy atom. The number of nitrogens with zero attached hydrogens (tertiary/aromatic N) is 1. The van der Waals surface area contributed by atoms with E-state index in [-0.39, 0.29) is 23.6 Å². The van der Waals surface area contributed by atoms with Crippen molar-refractivity contribution < 1.29 is 31.5 Å². The predicted molar refractivity (Wildman–Crippen MR) is 84.1 cm³/mol. The lowest BCUT2D eigenvalue weighted by atomic mass is 10.0. The summed E-state index contributed by atoms with van der Waals surface area (Å²) in [7, 11) is -3.41. The number of halogens is 2. The minimum Gasteiger partial charge on any atom is -0.434 e. The molecule has 2 aliphatic heterocycles. The van der Waals surface area contributed by atoms with E-state index in [1.54, 1.807) is 0 Å². The molecule has 0 spiro atoms. The monoisotopic (exact) mass is 370 g/mol. The van der Waals surface area contributed by atoms with Crippen LogP contribution in [0.1, 0.15) is 5.56 Å². The molecule has 0 aliphatic carbocycles. The van der Waals surface area contributed by atoms with Gasteiger partial charge in [0.15, 0.2) is 15.9 Å². The molecule has 0 unspecified atom stereocenters. The van der Waals surface area contributed by atoms with Crippen LogP contribution in [0.3, 0.4) is 0 Å². The first-order chi connectivity index (χ1) is 11.7. The van der Waals surface area contributed by atoms with Gasteiger partial charge in [-0.3, -0.25) is 9.69 Å². The molecule has 2 heterocycles. The second-order valence-corrected chi connectivity index (χ2v) is 7.39. The molecule has 1 fully saturated rings. The van der Waals surface area contributed by atoms with Gasteiger partial charge in [0, 0.05) is 5.41 Å². The summed E-state index contributed by atoms with van der Waals surface area (Å²) in [6, 6.07) is 1.81. The fourth-order valence-electron chi connectivity index (χ4n) is 2.51. The van der Waals surface area contributed by atoms with E-state index >= 15 is 0 Å². The van der Waals surface area contributed by atoms with Crippen molar-refractivity contribution in [2.45, 2.75) is 6.10 Å². The summed E-state index contributed by atoms with van der Waals surface area (Å²) in [6.07, 6.45) is 0.155. The predicted octanol–water partition coefficient (Wildman–Crippen LogP) is 1.10. The average Bonchev–Trinajstić information content (AvgIpc) is 2.90. The molecule has 1 saturated heterocycles. The molecule has 1 atom stereocenters. The number of benzene rings is 1. The number of carbonyl (C=O) groups is 2. The molecular formula is C15H12F2N2O5S. The van der Waals surface area contributed by atoms with Gasteiger partial charge in [-0.15, -0.1) is 0 Å². The van der Waals surface area contributed by atoms with Crippen molar-refractivity contribution in [3.05, 3.63) is 46.9 Å². The fourth-order valence-corrected chi connectivity index (χ4v) is 3.38. The molecule has 132 valence electrons. The highest BCUT2D eigenvalue weighted by molar-refractivity contribution is 7.94. The summed E-state index contributed by atoms with van der Waals surface area (Å²) in [5.74, 6) is -3.20. The second kappa shape index (κ2) is 5.96. The Morgan fingerprint density at radius 1 is 1.28 bits per heavy atom. The summed E-state index contributed by atoms with van der Waals surface area (Å²) in [5, 5.41) is 0.879. The smallest absolute Gasteiger partial charge is 0.415 e. The van der Waals surface area contributed by atoms with Gasteiger partial charge in [-0.25, -0.2) is 22.0 Å². The molecule has 1 aromatic carbocycles. The van der Waals surface area contributed by atoms with Crippen molar-refractivity contribution >= 4 is 33.1 Å². The van der Waals surface area contributed by atoms with Crippen LogP contribution in [0.15, 0.2) is 29.7 Å². The second-order valence-electron chi connectivity index (χ2n) is 5.46. The van der Waals surface area contributed by atoms with Crippen LogP contribution in [0.4, 0.5) is 19.3 Å². The molecule has 3 rings (SSSR count). The van der Waals surface area contributed by atoms with Gasteiger partial charge < -0.3 is 10.5 Å². The van der Waals surface area contributed by atoms with Crippen molar-refractivity contribution in [3.63, 3.8) is 0 Å². The van der Waals surface area contributed by atoms with E-state index in [1.165, 1.54) is 6.08 Å². The third-order valence-electron chi connectivity index (χ3n) is 3.75. The van der Waals surface area contributed by atoms with Gasteiger partial charge in [0.2, 0.25) is 0 Å².